The normalized spacial score (nSPS) is 11.7. The highest BCUT2D eigenvalue weighted by Gasteiger charge is 2.31. The number of pyridine rings is 1. The second kappa shape index (κ2) is 4.11. The molecule has 0 radical (unpaired) electrons. The molecule has 0 aliphatic heterocycles. The van der Waals surface area contributed by atoms with Gasteiger partial charge in [-0.25, -0.2) is 8.78 Å². The highest BCUT2D eigenvalue weighted by molar-refractivity contribution is 9.10. The standard InChI is InChI=1S/C8H8BrF2NO/c9-7-3-6(4-12-5-7)8(10,11)1-2-13/h3-5,13H,1-2H2. The van der Waals surface area contributed by atoms with E-state index < -0.39 is 19.0 Å². The average Bonchev–Trinajstić information content (AvgIpc) is 2.04. The second-order valence-corrected chi connectivity index (χ2v) is 3.49. The van der Waals surface area contributed by atoms with E-state index in [1.165, 1.54) is 12.3 Å². The third-order valence-electron chi connectivity index (χ3n) is 1.55. The van der Waals surface area contributed by atoms with Crippen LogP contribution in [0.1, 0.15) is 12.0 Å². The molecule has 0 atom stereocenters. The van der Waals surface area contributed by atoms with Gasteiger partial charge in [0.25, 0.3) is 5.92 Å². The predicted octanol–water partition coefficient (Wildman–Crippen LogP) is 2.32. The Morgan fingerprint density at radius 3 is 2.69 bits per heavy atom. The largest absolute Gasteiger partial charge is 0.396 e. The molecule has 0 unspecified atom stereocenters. The SMILES string of the molecule is OCCC(F)(F)c1cncc(Br)c1. The molecule has 0 amide bonds. The van der Waals surface area contributed by atoms with E-state index in [0.29, 0.717) is 4.47 Å². The Hall–Kier alpha value is -0.550. The van der Waals surface area contributed by atoms with Gasteiger partial charge in [-0.15, -0.1) is 0 Å². The van der Waals surface area contributed by atoms with E-state index in [-0.39, 0.29) is 5.56 Å². The third kappa shape index (κ3) is 2.70. The van der Waals surface area contributed by atoms with Crippen molar-refractivity contribution in [3.05, 3.63) is 28.5 Å². The fraction of sp³-hybridized carbons (Fsp3) is 0.375. The van der Waals surface area contributed by atoms with Crippen LogP contribution in [0.4, 0.5) is 8.78 Å². The molecular formula is C8H8BrF2NO. The Morgan fingerprint density at radius 2 is 2.15 bits per heavy atom. The van der Waals surface area contributed by atoms with Crippen LogP contribution in [0.3, 0.4) is 0 Å². The summed E-state index contributed by atoms with van der Waals surface area (Å²) in [4.78, 5) is 3.62. The van der Waals surface area contributed by atoms with Gasteiger partial charge in [-0.3, -0.25) is 4.98 Å². The van der Waals surface area contributed by atoms with Gasteiger partial charge in [0.1, 0.15) is 0 Å². The van der Waals surface area contributed by atoms with Crippen LogP contribution in [-0.2, 0) is 5.92 Å². The third-order valence-corrected chi connectivity index (χ3v) is 1.99. The second-order valence-electron chi connectivity index (χ2n) is 2.57. The van der Waals surface area contributed by atoms with Crippen LogP contribution in [0.5, 0.6) is 0 Å². The zero-order chi connectivity index (χ0) is 9.90. The lowest BCUT2D eigenvalue weighted by Gasteiger charge is -2.14. The molecule has 0 fully saturated rings. The first-order chi connectivity index (χ1) is 6.06. The molecule has 2 nitrogen and oxygen atoms in total. The Morgan fingerprint density at radius 1 is 1.46 bits per heavy atom. The van der Waals surface area contributed by atoms with Gasteiger partial charge in [0.2, 0.25) is 0 Å². The van der Waals surface area contributed by atoms with E-state index in [2.05, 4.69) is 20.9 Å². The van der Waals surface area contributed by atoms with Gasteiger partial charge in [0.05, 0.1) is 0 Å². The average molecular weight is 252 g/mol. The van der Waals surface area contributed by atoms with E-state index in [1.807, 2.05) is 0 Å². The van der Waals surface area contributed by atoms with Gasteiger partial charge in [0, 0.05) is 35.5 Å². The summed E-state index contributed by atoms with van der Waals surface area (Å²) in [6, 6.07) is 1.29. The summed E-state index contributed by atoms with van der Waals surface area (Å²) in [6.45, 7) is -0.542. The van der Waals surface area contributed by atoms with Crippen molar-refractivity contribution in [2.24, 2.45) is 0 Å². The van der Waals surface area contributed by atoms with Gasteiger partial charge in [-0.05, 0) is 22.0 Å². The molecule has 0 saturated carbocycles. The predicted molar refractivity (Wildman–Crippen MR) is 47.5 cm³/mol. The summed E-state index contributed by atoms with van der Waals surface area (Å²) >= 11 is 3.05. The Kier molecular flexibility index (Phi) is 3.33. The number of nitrogens with zero attached hydrogens (tertiary/aromatic N) is 1. The summed E-state index contributed by atoms with van der Waals surface area (Å²) in [5.74, 6) is -3.01. The van der Waals surface area contributed by atoms with Crippen LogP contribution < -0.4 is 0 Å². The van der Waals surface area contributed by atoms with Crippen molar-refractivity contribution in [3.8, 4) is 0 Å². The molecule has 13 heavy (non-hydrogen) atoms. The summed E-state index contributed by atoms with van der Waals surface area (Å²) < 4.78 is 26.7. The van der Waals surface area contributed by atoms with Gasteiger partial charge in [-0.2, -0.15) is 0 Å². The highest BCUT2D eigenvalue weighted by atomic mass is 79.9. The summed E-state index contributed by atoms with van der Waals surface area (Å²) in [6.07, 6.45) is 1.95. The van der Waals surface area contributed by atoms with Crippen LogP contribution in [0.15, 0.2) is 22.9 Å². The van der Waals surface area contributed by atoms with Crippen molar-refractivity contribution in [2.45, 2.75) is 12.3 Å². The minimum absolute atomic E-state index is 0.184. The van der Waals surface area contributed by atoms with Crippen molar-refractivity contribution in [3.63, 3.8) is 0 Å². The molecule has 0 aliphatic rings. The van der Waals surface area contributed by atoms with Crippen molar-refractivity contribution in [1.82, 2.24) is 4.98 Å². The maximum atomic E-state index is 13.1. The molecule has 1 N–H and O–H groups in total. The lowest BCUT2D eigenvalue weighted by molar-refractivity contribution is -0.0273. The molecule has 72 valence electrons. The molecule has 1 aromatic heterocycles. The van der Waals surface area contributed by atoms with E-state index in [0.717, 1.165) is 6.20 Å². The lowest BCUT2D eigenvalue weighted by Crippen LogP contribution is -2.15. The number of halogens is 3. The van der Waals surface area contributed by atoms with Crippen molar-refractivity contribution in [1.29, 1.82) is 0 Å². The van der Waals surface area contributed by atoms with Crippen molar-refractivity contribution >= 4 is 15.9 Å². The van der Waals surface area contributed by atoms with E-state index in [4.69, 9.17) is 5.11 Å². The summed E-state index contributed by atoms with van der Waals surface area (Å²) in [7, 11) is 0. The molecule has 0 spiro atoms. The number of aromatic nitrogens is 1. The number of alkyl halides is 2. The molecule has 0 aliphatic carbocycles. The van der Waals surface area contributed by atoms with Gasteiger partial charge < -0.3 is 5.11 Å². The van der Waals surface area contributed by atoms with Crippen LogP contribution >= 0.6 is 15.9 Å². The van der Waals surface area contributed by atoms with Crippen molar-refractivity contribution < 1.29 is 13.9 Å². The molecule has 1 rings (SSSR count). The van der Waals surface area contributed by atoms with Crippen LogP contribution in [0.25, 0.3) is 0 Å². The molecule has 1 heterocycles. The number of hydrogen-bond acceptors (Lipinski definition) is 2. The maximum absolute atomic E-state index is 13.1. The van der Waals surface area contributed by atoms with Gasteiger partial charge >= 0.3 is 0 Å². The first-order valence-electron chi connectivity index (χ1n) is 3.66. The van der Waals surface area contributed by atoms with Gasteiger partial charge in [-0.1, -0.05) is 0 Å². The topological polar surface area (TPSA) is 33.1 Å². The minimum atomic E-state index is -3.01. The Labute approximate surface area is 82.7 Å². The van der Waals surface area contributed by atoms with E-state index >= 15 is 0 Å². The van der Waals surface area contributed by atoms with Crippen LogP contribution in [0.2, 0.25) is 0 Å². The number of rotatable bonds is 3. The smallest absolute Gasteiger partial charge is 0.276 e. The maximum Gasteiger partial charge on any atom is 0.276 e. The summed E-state index contributed by atoms with van der Waals surface area (Å²) in [5.41, 5.74) is -0.184. The quantitative estimate of drug-likeness (QED) is 0.895. The fourth-order valence-corrected chi connectivity index (χ4v) is 1.26. The molecular weight excluding hydrogens is 244 g/mol. The number of hydrogen-bond donors (Lipinski definition) is 1. The number of aliphatic hydroxyl groups excluding tert-OH is 1. The first-order valence-corrected chi connectivity index (χ1v) is 4.45. The van der Waals surface area contributed by atoms with E-state index in [9.17, 15) is 8.78 Å². The molecule has 0 bridgehead atoms. The zero-order valence-electron chi connectivity index (χ0n) is 6.67. The molecule has 0 aromatic carbocycles. The van der Waals surface area contributed by atoms with Crippen LogP contribution in [0, 0.1) is 0 Å². The zero-order valence-corrected chi connectivity index (χ0v) is 8.26. The molecule has 5 heteroatoms. The monoisotopic (exact) mass is 251 g/mol. The number of aliphatic hydroxyl groups is 1. The van der Waals surface area contributed by atoms with Gasteiger partial charge in [0.15, 0.2) is 0 Å². The first kappa shape index (κ1) is 10.5. The fourth-order valence-electron chi connectivity index (χ4n) is 0.897. The van der Waals surface area contributed by atoms with E-state index in [1.54, 1.807) is 0 Å². The van der Waals surface area contributed by atoms with Crippen molar-refractivity contribution in [2.75, 3.05) is 6.61 Å². The minimum Gasteiger partial charge on any atom is -0.396 e. The molecule has 0 saturated heterocycles. The molecule has 1 aromatic rings. The Bertz CT molecular complexity index is 293. The van der Waals surface area contributed by atoms with Crippen LogP contribution in [-0.4, -0.2) is 16.7 Å². The Balaban J connectivity index is 2.93. The summed E-state index contributed by atoms with van der Waals surface area (Å²) in [5, 5.41) is 8.42. The highest BCUT2D eigenvalue weighted by Crippen LogP contribution is 2.31. The lowest BCUT2D eigenvalue weighted by atomic mass is 10.1.